The maximum atomic E-state index is 12.2. The molecule has 4 nitrogen and oxygen atoms in total. The Morgan fingerprint density at radius 1 is 1.12 bits per heavy atom. The monoisotopic (exact) mass is 328 g/mol. The maximum absolute atomic E-state index is 12.2. The number of allylic oxidation sites excluding steroid dienone is 1. The molecule has 3 aliphatic rings. The van der Waals surface area contributed by atoms with Crippen molar-refractivity contribution < 1.29 is 19.0 Å². The van der Waals surface area contributed by atoms with Crippen molar-refractivity contribution in [3.05, 3.63) is 47.7 Å². The Morgan fingerprint density at radius 2 is 1.92 bits per heavy atom. The molecule has 0 amide bonds. The molecule has 1 heterocycles. The molecule has 4 heteroatoms. The summed E-state index contributed by atoms with van der Waals surface area (Å²) in [4.78, 5) is 12.2. The van der Waals surface area contributed by atoms with Gasteiger partial charge in [0.2, 0.25) is 0 Å². The summed E-state index contributed by atoms with van der Waals surface area (Å²) in [6.45, 7) is 1.01. The summed E-state index contributed by atoms with van der Waals surface area (Å²) >= 11 is 0. The fourth-order valence-corrected chi connectivity index (χ4v) is 3.91. The van der Waals surface area contributed by atoms with Crippen molar-refractivity contribution in [3.8, 4) is 0 Å². The number of carbonyl (C=O) groups is 1. The minimum atomic E-state index is -0.381. The summed E-state index contributed by atoms with van der Waals surface area (Å²) in [6, 6.07) is 9.91. The number of Topliss-reactive ketones (excluding diaryl/α,β-unsaturated/α-hetero) is 1. The molecule has 0 aromatic heterocycles. The van der Waals surface area contributed by atoms with Gasteiger partial charge in [-0.15, -0.1) is 0 Å². The summed E-state index contributed by atoms with van der Waals surface area (Å²) in [5.41, 5.74) is 1.07. The minimum Gasteiger partial charge on any atom is -0.486 e. The van der Waals surface area contributed by atoms with Crippen LogP contribution in [0.25, 0.3) is 0 Å². The van der Waals surface area contributed by atoms with Gasteiger partial charge >= 0.3 is 0 Å². The van der Waals surface area contributed by atoms with Gasteiger partial charge in [-0.25, -0.2) is 0 Å². The third-order valence-corrected chi connectivity index (χ3v) is 5.27. The molecule has 0 unspecified atom stereocenters. The van der Waals surface area contributed by atoms with E-state index in [1.54, 1.807) is 0 Å². The molecule has 0 N–H and O–H groups in total. The van der Waals surface area contributed by atoms with E-state index >= 15 is 0 Å². The Hall–Kier alpha value is -1.65. The third kappa shape index (κ3) is 3.26. The summed E-state index contributed by atoms with van der Waals surface area (Å²) in [5.74, 6) is 0.249. The number of hydrogen-bond donors (Lipinski definition) is 0. The lowest BCUT2D eigenvalue weighted by Crippen LogP contribution is -2.34. The Morgan fingerprint density at radius 3 is 2.71 bits per heavy atom. The molecule has 1 aromatic carbocycles. The van der Waals surface area contributed by atoms with Crippen LogP contribution in [0.1, 0.15) is 44.1 Å². The van der Waals surface area contributed by atoms with Gasteiger partial charge in [0, 0.05) is 25.2 Å². The van der Waals surface area contributed by atoms with Crippen molar-refractivity contribution in [2.45, 2.75) is 57.0 Å². The van der Waals surface area contributed by atoms with E-state index in [0.29, 0.717) is 25.4 Å². The van der Waals surface area contributed by atoms with Crippen LogP contribution in [0.4, 0.5) is 0 Å². The van der Waals surface area contributed by atoms with Crippen molar-refractivity contribution in [1.29, 1.82) is 0 Å². The molecule has 1 aromatic rings. The molecular formula is C20H24O4. The van der Waals surface area contributed by atoms with Gasteiger partial charge < -0.3 is 14.2 Å². The first-order chi connectivity index (χ1) is 11.7. The predicted molar refractivity (Wildman–Crippen MR) is 89.1 cm³/mol. The van der Waals surface area contributed by atoms with Crippen LogP contribution >= 0.6 is 0 Å². The molecule has 2 atom stereocenters. The topological polar surface area (TPSA) is 44.8 Å². The quantitative estimate of drug-likeness (QED) is 0.844. The standard InChI is InChI=1S/C20H24O4/c21-17-11-16(12-18(17)22-13-15-7-3-1-4-8-15)19-14-23-20(24-19)9-5-2-6-10-20/h1,3-4,7-8,12,16,19H,2,5-6,9-11,13-14H2/t16-,19+/m0/s1. The van der Waals surface area contributed by atoms with Gasteiger partial charge in [-0.2, -0.15) is 0 Å². The van der Waals surface area contributed by atoms with Crippen molar-refractivity contribution in [2.75, 3.05) is 6.61 Å². The molecular weight excluding hydrogens is 304 g/mol. The lowest BCUT2D eigenvalue weighted by atomic mass is 9.94. The van der Waals surface area contributed by atoms with E-state index < -0.39 is 0 Å². The van der Waals surface area contributed by atoms with Gasteiger partial charge in [0.1, 0.15) is 6.61 Å². The predicted octanol–water partition coefficient (Wildman–Crippen LogP) is 3.75. The highest BCUT2D eigenvalue weighted by Crippen LogP contribution is 2.41. The lowest BCUT2D eigenvalue weighted by molar-refractivity contribution is -0.190. The molecule has 4 rings (SSSR count). The van der Waals surface area contributed by atoms with Gasteiger partial charge in [0.15, 0.2) is 17.3 Å². The Balaban J connectivity index is 1.37. The molecule has 24 heavy (non-hydrogen) atoms. The van der Waals surface area contributed by atoms with E-state index in [-0.39, 0.29) is 23.6 Å². The zero-order valence-corrected chi connectivity index (χ0v) is 13.9. The van der Waals surface area contributed by atoms with Crippen LogP contribution in [0.3, 0.4) is 0 Å². The number of ether oxygens (including phenoxy) is 3. The van der Waals surface area contributed by atoms with Crippen molar-refractivity contribution in [2.24, 2.45) is 5.92 Å². The lowest BCUT2D eigenvalue weighted by Gasteiger charge is -2.32. The Bertz CT molecular complexity index is 616. The van der Waals surface area contributed by atoms with E-state index in [0.717, 1.165) is 31.2 Å². The number of carbonyl (C=O) groups excluding carboxylic acids is 1. The second-order valence-electron chi connectivity index (χ2n) is 7.03. The first-order valence-corrected chi connectivity index (χ1v) is 8.98. The van der Waals surface area contributed by atoms with Crippen LogP contribution in [-0.4, -0.2) is 24.3 Å². The smallest absolute Gasteiger partial charge is 0.197 e. The van der Waals surface area contributed by atoms with Gasteiger partial charge in [-0.3, -0.25) is 4.79 Å². The van der Waals surface area contributed by atoms with Crippen LogP contribution < -0.4 is 0 Å². The van der Waals surface area contributed by atoms with Gasteiger partial charge in [0.05, 0.1) is 12.7 Å². The van der Waals surface area contributed by atoms with Gasteiger partial charge in [0.25, 0.3) is 0 Å². The van der Waals surface area contributed by atoms with Crippen molar-refractivity contribution in [3.63, 3.8) is 0 Å². The SMILES string of the molecule is O=C1C[C@H]([C@H]2COC3(CCCCC3)O2)C=C1OCc1ccccc1. The number of ketones is 1. The molecule has 0 radical (unpaired) electrons. The average molecular weight is 328 g/mol. The fraction of sp³-hybridized carbons (Fsp3) is 0.550. The molecule has 1 aliphatic heterocycles. The molecule has 0 bridgehead atoms. The molecule has 128 valence electrons. The van der Waals surface area contributed by atoms with Gasteiger partial charge in [-0.05, 0) is 24.5 Å². The normalized spacial score (nSPS) is 29.0. The molecule has 1 saturated carbocycles. The van der Waals surface area contributed by atoms with Crippen LogP contribution in [-0.2, 0) is 25.6 Å². The minimum absolute atomic E-state index is 0.0233. The van der Waals surface area contributed by atoms with Crippen LogP contribution in [0.5, 0.6) is 0 Å². The van der Waals surface area contributed by atoms with Crippen molar-refractivity contribution >= 4 is 5.78 Å². The number of benzene rings is 1. The fourth-order valence-electron chi connectivity index (χ4n) is 3.91. The van der Waals surface area contributed by atoms with E-state index in [9.17, 15) is 4.79 Å². The van der Waals surface area contributed by atoms with Crippen molar-refractivity contribution in [1.82, 2.24) is 0 Å². The summed E-state index contributed by atoms with van der Waals surface area (Å²) in [5, 5.41) is 0. The third-order valence-electron chi connectivity index (χ3n) is 5.27. The molecule has 2 aliphatic carbocycles. The van der Waals surface area contributed by atoms with Crippen LogP contribution in [0, 0.1) is 5.92 Å². The largest absolute Gasteiger partial charge is 0.486 e. The maximum Gasteiger partial charge on any atom is 0.197 e. The average Bonchev–Trinajstić information content (AvgIpc) is 3.19. The highest BCUT2D eigenvalue weighted by molar-refractivity contribution is 5.96. The highest BCUT2D eigenvalue weighted by atomic mass is 16.7. The molecule has 1 saturated heterocycles. The number of hydrogen-bond acceptors (Lipinski definition) is 4. The highest BCUT2D eigenvalue weighted by Gasteiger charge is 2.46. The zero-order valence-electron chi connectivity index (χ0n) is 13.9. The van der Waals surface area contributed by atoms with Gasteiger partial charge in [-0.1, -0.05) is 36.8 Å². The van der Waals surface area contributed by atoms with E-state index in [4.69, 9.17) is 14.2 Å². The van der Waals surface area contributed by atoms with Crippen LogP contribution in [0.2, 0.25) is 0 Å². The number of rotatable bonds is 4. The zero-order chi connectivity index (χ0) is 16.4. The Labute approximate surface area is 142 Å². The molecule has 1 spiro atoms. The second kappa shape index (κ2) is 6.69. The second-order valence-corrected chi connectivity index (χ2v) is 7.03. The summed E-state index contributed by atoms with van der Waals surface area (Å²) in [7, 11) is 0. The van der Waals surface area contributed by atoms with Crippen LogP contribution in [0.15, 0.2) is 42.2 Å². The first-order valence-electron chi connectivity index (χ1n) is 8.98. The van der Waals surface area contributed by atoms with E-state index in [1.165, 1.54) is 6.42 Å². The summed E-state index contributed by atoms with van der Waals surface area (Å²) in [6.07, 6.45) is 7.93. The Kier molecular flexibility index (Phi) is 4.42. The van der Waals surface area contributed by atoms with E-state index in [2.05, 4.69) is 0 Å². The first kappa shape index (κ1) is 15.9. The summed E-state index contributed by atoms with van der Waals surface area (Å²) < 4.78 is 18.0. The molecule has 2 fully saturated rings. The van der Waals surface area contributed by atoms with E-state index in [1.807, 2.05) is 36.4 Å².